The number of benzene rings is 1. The predicted octanol–water partition coefficient (Wildman–Crippen LogP) is 2.11. The number of thiazole rings is 1. The molecule has 0 spiro atoms. The molecule has 2 N–H and O–H groups in total. The smallest absolute Gasteiger partial charge is 0.267 e. The Kier molecular flexibility index (Phi) is 4.14. The number of hydrogen-bond donors (Lipinski definition) is 2. The van der Waals surface area contributed by atoms with Crippen molar-refractivity contribution < 1.29 is 10.0 Å². The molecule has 1 aromatic carbocycles. The first-order valence-electron chi connectivity index (χ1n) is 6.21. The van der Waals surface area contributed by atoms with Gasteiger partial charge in [-0.05, 0) is 24.3 Å². The summed E-state index contributed by atoms with van der Waals surface area (Å²) < 4.78 is 2.64. The van der Waals surface area contributed by atoms with Crippen LogP contribution in [0.3, 0.4) is 0 Å². The maximum absolute atomic E-state index is 10.9. The fourth-order valence-corrected chi connectivity index (χ4v) is 3.05. The van der Waals surface area contributed by atoms with Gasteiger partial charge in [0.15, 0.2) is 0 Å². The van der Waals surface area contributed by atoms with Crippen LogP contribution in [0.2, 0.25) is 5.02 Å². The topological polar surface area (TPSA) is 92.9 Å². The third-order valence-corrected chi connectivity index (χ3v) is 4.00. The van der Waals surface area contributed by atoms with E-state index in [0.29, 0.717) is 17.3 Å². The zero-order chi connectivity index (χ0) is 15.5. The molecular formula is C13H10ClN5O2S. The number of carbonyl (C=O) groups excluding carboxylic acids is 1. The molecule has 3 rings (SSSR count). The van der Waals surface area contributed by atoms with Gasteiger partial charge in [0.05, 0.1) is 23.0 Å². The Labute approximate surface area is 133 Å². The molecule has 0 aliphatic heterocycles. The fourth-order valence-electron chi connectivity index (χ4n) is 1.82. The Morgan fingerprint density at radius 1 is 1.50 bits per heavy atom. The summed E-state index contributed by atoms with van der Waals surface area (Å²) in [6.07, 6.45) is 4.29. The van der Waals surface area contributed by atoms with Crippen molar-refractivity contribution in [2.75, 3.05) is 0 Å². The van der Waals surface area contributed by atoms with Crippen molar-refractivity contribution in [2.45, 2.75) is 6.54 Å². The van der Waals surface area contributed by atoms with Gasteiger partial charge in [0.1, 0.15) is 10.7 Å². The highest BCUT2D eigenvalue weighted by Crippen LogP contribution is 2.25. The van der Waals surface area contributed by atoms with Gasteiger partial charge in [0.2, 0.25) is 0 Å². The van der Waals surface area contributed by atoms with E-state index in [2.05, 4.69) is 15.3 Å². The van der Waals surface area contributed by atoms with Crippen molar-refractivity contribution >= 4 is 45.1 Å². The first-order chi connectivity index (χ1) is 10.6. The van der Waals surface area contributed by atoms with E-state index >= 15 is 0 Å². The SMILES string of the molecule is O=C(C=Cc1cn(Cc2nc3ccc(Cl)cc3s2)nn1)NO. The van der Waals surface area contributed by atoms with Crippen LogP contribution in [0.5, 0.6) is 0 Å². The van der Waals surface area contributed by atoms with Gasteiger partial charge >= 0.3 is 0 Å². The third-order valence-electron chi connectivity index (χ3n) is 2.76. The summed E-state index contributed by atoms with van der Waals surface area (Å²) in [4.78, 5) is 15.4. The lowest BCUT2D eigenvalue weighted by Crippen LogP contribution is -2.14. The normalized spacial score (nSPS) is 11.4. The summed E-state index contributed by atoms with van der Waals surface area (Å²) in [7, 11) is 0. The van der Waals surface area contributed by atoms with Gasteiger partial charge in [0.25, 0.3) is 5.91 Å². The molecule has 9 heteroatoms. The Bertz CT molecular complexity index is 857. The van der Waals surface area contributed by atoms with Crippen molar-refractivity contribution in [3.05, 3.63) is 46.2 Å². The summed E-state index contributed by atoms with van der Waals surface area (Å²) in [5, 5.41) is 17.8. The molecule has 0 saturated carbocycles. The number of fused-ring (bicyclic) bond motifs is 1. The molecule has 0 radical (unpaired) electrons. The van der Waals surface area contributed by atoms with Crippen LogP contribution in [0, 0.1) is 0 Å². The first kappa shape index (κ1) is 14.6. The second-order valence-corrected chi connectivity index (χ2v) is 5.92. The van der Waals surface area contributed by atoms with Crippen molar-refractivity contribution in [2.24, 2.45) is 0 Å². The standard InChI is InChI=1S/C13H10ClN5O2S/c14-8-1-3-10-11(5-8)22-13(15-10)7-19-6-9(16-18-19)2-4-12(20)17-21/h1-6,21H,7H2,(H,17,20). The molecule has 0 atom stereocenters. The number of carbonyl (C=O) groups is 1. The number of amides is 1. The minimum atomic E-state index is -0.627. The molecule has 0 aliphatic rings. The minimum absolute atomic E-state index is 0.476. The molecule has 0 bridgehead atoms. The average Bonchev–Trinajstić information content (AvgIpc) is 3.10. The van der Waals surface area contributed by atoms with E-state index in [4.69, 9.17) is 16.8 Å². The monoisotopic (exact) mass is 335 g/mol. The van der Waals surface area contributed by atoms with Gasteiger partial charge in [-0.3, -0.25) is 10.0 Å². The van der Waals surface area contributed by atoms with Gasteiger partial charge in [-0.1, -0.05) is 16.8 Å². The number of nitrogens with zero attached hydrogens (tertiary/aromatic N) is 4. The van der Waals surface area contributed by atoms with Crippen molar-refractivity contribution in [3.8, 4) is 0 Å². The number of halogens is 1. The zero-order valence-electron chi connectivity index (χ0n) is 11.1. The Morgan fingerprint density at radius 3 is 3.18 bits per heavy atom. The lowest BCUT2D eigenvalue weighted by atomic mass is 10.3. The van der Waals surface area contributed by atoms with Gasteiger partial charge in [-0.25, -0.2) is 15.1 Å². The average molecular weight is 336 g/mol. The first-order valence-corrected chi connectivity index (χ1v) is 7.41. The Morgan fingerprint density at radius 2 is 2.36 bits per heavy atom. The molecule has 3 aromatic rings. The van der Waals surface area contributed by atoms with E-state index in [1.54, 1.807) is 16.9 Å². The molecule has 7 nitrogen and oxygen atoms in total. The van der Waals surface area contributed by atoms with Crippen molar-refractivity contribution in [3.63, 3.8) is 0 Å². The van der Waals surface area contributed by atoms with Crippen LogP contribution in [0.4, 0.5) is 0 Å². The van der Waals surface area contributed by atoms with Crippen LogP contribution >= 0.6 is 22.9 Å². The molecular weight excluding hydrogens is 326 g/mol. The molecule has 0 fully saturated rings. The Balaban J connectivity index is 1.76. The summed E-state index contributed by atoms with van der Waals surface area (Å²) in [6, 6.07) is 5.56. The molecule has 22 heavy (non-hydrogen) atoms. The minimum Gasteiger partial charge on any atom is -0.288 e. The fraction of sp³-hybridized carbons (Fsp3) is 0.0769. The predicted molar refractivity (Wildman–Crippen MR) is 82.7 cm³/mol. The summed E-state index contributed by atoms with van der Waals surface area (Å²) >= 11 is 7.50. The number of rotatable bonds is 4. The van der Waals surface area contributed by atoms with Crippen molar-refractivity contribution in [1.29, 1.82) is 0 Å². The number of hydroxylamine groups is 1. The van der Waals surface area contributed by atoms with E-state index in [9.17, 15) is 4.79 Å². The number of nitrogens with one attached hydrogen (secondary N) is 1. The van der Waals surface area contributed by atoms with Gasteiger partial charge in [-0.2, -0.15) is 0 Å². The number of hydrogen-bond acceptors (Lipinski definition) is 6. The van der Waals surface area contributed by atoms with Gasteiger partial charge in [0, 0.05) is 11.1 Å². The zero-order valence-corrected chi connectivity index (χ0v) is 12.7. The quantitative estimate of drug-likeness (QED) is 0.433. The molecule has 0 aliphatic carbocycles. The summed E-state index contributed by atoms with van der Waals surface area (Å²) in [5.41, 5.74) is 2.90. The molecule has 1 amide bonds. The highest BCUT2D eigenvalue weighted by molar-refractivity contribution is 7.18. The maximum atomic E-state index is 10.9. The van der Waals surface area contributed by atoms with Crippen LogP contribution in [-0.4, -0.2) is 31.1 Å². The highest BCUT2D eigenvalue weighted by Gasteiger charge is 2.06. The number of aromatic nitrogens is 4. The van der Waals surface area contributed by atoms with E-state index in [1.807, 2.05) is 12.1 Å². The van der Waals surface area contributed by atoms with Gasteiger partial charge in [-0.15, -0.1) is 16.4 Å². The lowest BCUT2D eigenvalue weighted by molar-refractivity contribution is -0.124. The molecule has 0 saturated heterocycles. The molecule has 2 aromatic heterocycles. The third kappa shape index (κ3) is 3.30. The molecule has 2 heterocycles. The van der Waals surface area contributed by atoms with E-state index in [-0.39, 0.29) is 0 Å². The van der Waals surface area contributed by atoms with Crippen LogP contribution in [0.25, 0.3) is 16.3 Å². The highest BCUT2D eigenvalue weighted by atomic mass is 35.5. The van der Waals surface area contributed by atoms with Gasteiger partial charge < -0.3 is 0 Å². The van der Waals surface area contributed by atoms with E-state index in [1.165, 1.54) is 22.9 Å². The molecule has 0 unspecified atom stereocenters. The maximum Gasteiger partial charge on any atom is 0.267 e. The van der Waals surface area contributed by atoms with E-state index in [0.717, 1.165) is 21.3 Å². The van der Waals surface area contributed by atoms with Crippen LogP contribution in [0.1, 0.15) is 10.7 Å². The molecule has 112 valence electrons. The van der Waals surface area contributed by atoms with E-state index < -0.39 is 5.91 Å². The Hall–Kier alpha value is -2.29. The van der Waals surface area contributed by atoms with Crippen LogP contribution < -0.4 is 5.48 Å². The lowest BCUT2D eigenvalue weighted by Gasteiger charge is -1.93. The van der Waals surface area contributed by atoms with Crippen molar-refractivity contribution in [1.82, 2.24) is 25.5 Å². The summed E-state index contributed by atoms with van der Waals surface area (Å²) in [5.74, 6) is -0.627. The summed E-state index contributed by atoms with van der Waals surface area (Å²) in [6.45, 7) is 0.476. The van der Waals surface area contributed by atoms with Crippen LogP contribution in [-0.2, 0) is 11.3 Å². The second-order valence-electron chi connectivity index (χ2n) is 4.37. The van der Waals surface area contributed by atoms with Crippen LogP contribution in [0.15, 0.2) is 30.5 Å². The largest absolute Gasteiger partial charge is 0.288 e. The second kappa shape index (κ2) is 6.22.